The number of carbonyl (C=O) groups excluding carboxylic acids is 1. The number of nitro benzene ring substituents is 1. The number of benzene rings is 2. The first-order chi connectivity index (χ1) is 14.1. The standard InChI is InChI=1S/C20H19N5O4/c1-2-11-29-17-9-5-15(6-10-17)18-12-19(23-22-18)20(26)24-21-13-14-3-7-16(8-4-14)25(27)28/h3-10,12-13H,2,11H2,1H3,(H,22,23)(H,24,26)/b21-13-. The first kappa shape index (κ1) is 19.7. The smallest absolute Gasteiger partial charge is 0.289 e. The lowest BCUT2D eigenvalue weighted by molar-refractivity contribution is -0.384. The highest BCUT2D eigenvalue weighted by atomic mass is 16.6. The number of non-ortho nitro benzene ring substituents is 1. The number of nitro groups is 1. The third-order valence-corrected chi connectivity index (χ3v) is 3.93. The quantitative estimate of drug-likeness (QED) is 0.344. The molecule has 29 heavy (non-hydrogen) atoms. The average molecular weight is 393 g/mol. The van der Waals surface area contributed by atoms with Gasteiger partial charge in [0.25, 0.3) is 11.6 Å². The number of H-pyrrole nitrogens is 1. The van der Waals surface area contributed by atoms with Crippen molar-refractivity contribution in [2.24, 2.45) is 5.10 Å². The molecule has 0 bridgehead atoms. The minimum atomic E-state index is -0.482. The molecule has 2 aromatic carbocycles. The second-order valence-electron chi connectivity index (χ2n) is 6.09. The van der Waals surface area contributed by atoms with Crippen molar-refractivity contribution in [2.45, 2.75) is 13.3 Å². The number of carbonyl (C=O) groups is 1. The molecule has 0 aliphatic carbocycles. The minimum absolute atomic E-state index is 0.0128. The summed E-state index contributed by atoms with van der Waals surface area (Å²) >= 11 is 0. The van der Waals surface area contributed by atoms with Gasteiger partial charge in [-0.15, -0.1) is 0 Å². The van der Waals surface area contributed by atoms with Gasteiger partial charge in [-0.25, -0.2) is 5.43 Å². The molecule has 0 unspecified atom stereocenters. The molecule has 0 aliphatic rings. The Morgan fingerprint density at radius 3 is 2.62 bits per heavy atom. The fourth-order valence-electron chi connectivity index (χ4n) is 2.44. The van der Waals surface area contributed by atoms with Crippen LogP contribution in [-0.4, -0.2) is 33.8 Å². The number of hydrazone groups is 1. The highest BCUT2D eigenvalue weighted by molar-refractivity contribution is 5.94. The first-order valence-electron chi connectivity index (χ1n) is 8.93. The van der Waals surface area contributed by atoms with E-state index in [1.54, 1.807) is 6.07 Å². The van der Waals surface area contributed by atoms with Crippen molar-refractivity contribution in [2.75, 3.05) is 6.61 Å². The van der Waals surface area contributed by atoms with E-state index in [2.05, 4.69) is 20.7 Å². The minimum Gasteiger partial charge on any atom is -0.494 e. The van der Waals surface area contributed by atoms with Gasteiger partial charge in [0, 0.05) is 17.7 Å². The number of rotatable bonds is 8. The summed E-state index contributed by atoms with van der Waals surface area (Å²) in [7, 11) is 0. The van der Waals surface area contributed by atoms with Gasteiger partial charge in [0.05, 0.1) is 23.4 Å². The van der Waals surface area contributed by atoms with Gasteiger partial charge in [-0.1, -0.05) is 6.92 Å². The zero-order chi connectivity index (χ0) is 20.6. The van der Waals surface area contributed by atoms with E-state index in [9.17, 15) is 14.9 Å². The number of nitrogens with one attached hydrogen (secondary N) is 2. The predicted molar refractivity (Wildman–Crippen MR) is 108 cm³/mol. The Balaban J connectivity index is 1.59. The van der Waals surface area contributed by atoms with Crippen molar-refractivity contribution >= 4 is 17.8 Å². The molecule has 2 N–H and O–H groups in total. The molecular weight excluding hydrogens is 374 g/mol. The maximum atomic E-state index is 12.2. The lowest BCUT2D eigenvalue weighted by Crippen LogP contribution is -2.17. The molecule has 0 saturated heterocycles. The predicted octanol–water partition coefficient (Wildman–Crippen LogP) is 3.54. The summed E-state index contributed by atoms with van der Waals surface area (Å²) in [5, 5.41) is 21.3. The summed E-state index contributed by atoms with van der Waals surface area (Å²) in [5.41, 5.74) is 4.72. The van der Waals surface area contributed by atoms with Gasteiger partial charge in [0.1, 0.15) is 11.4 Å². The summed E-state index contributed by atoms with van der Waals surface area (Å²) in [4.78, 5) is 22.3. The van der Waals surface area contributed by atoms with Gasteiger partial charge in [0.15, 0.2) is 0 Å². The van der Waals surface area contributed by atoms with Gasteiger partial charge in [0.2, 0.25) is 0 Å². The molecule has 1 amide bonds. The maximum Gasteiger partial charge on any atom is 0.289 e. The van der Waals surface area contributed by atoms with Crippen molar-refractivity contribution in [1.82, 2.24) is 15.6 Å². The summed E-state index contributed by atoms with van der Waals surface area (Å²) < 4.78 is 5.55. The van der Waals surface area contributed by atoms with Crippen molar-refractivity contribution in [3.05, 3.63) is 76.0 Å². The fourth-order valence-corrected chi connectivity index (χ4v) is 2.44. The molecule has 3 rings (SSSR count). The van der Waals surface area contributed by atoms with Gasteiger partial charge in [-0.05, 0) is 54.4 Å². The largest absolute Gasteiger partial charge is 0.494 e. The Kier molecular flexibility index (Phi) is 6.31. The summed E-state index contributed by atoms with van der Waals surface area (Å²) in [6.07, 6.45) is 2.33. The number of ether oxygens (including phenoxy) is 1. The van der Waals surface area contributed by atoms with E-state index in [1.165, 1.54) is 30.5 Å². The van der Waals surface area contributed by atoms with Crippen LogP contribution in [0.1, 0.15) is 29.4 Å². The van der Waals surface area contributed by atoms with Crippen molar-refractivity contribution in [1.29, 1.82) is 0 Å². The fraction of sp³-hybridized carbons (Fsp3) is 0.150. The molecular formula is C20H19N5O4. The van der Waals surface area contributed by atoms with E-state index in [0.717, 1.165) is 17.7 Å². The number of hydrogen-bond donors (Lipinski definition) is 2. The van der Waals surface area contributed by atoms with Crippen LogP contribution in [0.3, 0.4) is 0 Å². The molecule has 0 aliphatic heterocycles. The summed E-state index contributed by atoms with van der Waals surface area (Å²) in [5.74, 6) is 0.328. The maximum absolute atomic E-state index is 12.2. The Hall–Kier alpha value is -4.01. The highest BCUT2D eigenvalue weighted by Gasteiger charge is 2.10. The van der Waals surface area contributed by atoms with Gasteiger partial charge in [-0.3, -0.25) is 20.0 Å². The number of hydrogen-bond acceptors (Lipinski definition) is 6. The van der Waals surface area contributed by atoms with Crippen molar-refractivity contribution in [3.8, 4) is 17.0 Å². The second kappa shape index (κ2) is 9.27. The molecule has 9 nitrogen and oxygen atoms in total. The van der Waals surface area contributed by atoms with Crippen LogP contribution in [0.25, 0.3) is 11.3 Å². The van der Waals surface area contributed by atoms with Gasteiger partial charge >= 0.3 is 0 Å². The zero-order valence-electron chi connectivity index (χ0n) is 15.7. The molecule has 0 fully saturated rings. The van der Waals surface area contributed by atoms with Crippen molar-refractivity contribution < 1.29 is 14.5 Å². The molecule has 0 radical (unpaired) electrons. The van der Waals surface area contributed by atoms with E-state index in [1.807, 2.05) is 31.2 Å². The molecule has 1 aromatic heterocycles. The van der Waals surface area contributed by atoms with Crippen LogP contribution in [0, 0.1) is 10.1 Å². The Morgan fingerprint density at radius 1 is 1.24 bits per heavy atom. The van der Waals surface area contributed by atoms with E-state index in [4.69, 9.17) is 4.74 Å². The van der Waals surface area contributed by atoms with Crippen LogP contribution in [-0.2, 0) is 0 Å². The number of aromatic amines is 1. The van der Waals surface area contributed by atoms with Gasteiger partial charge < -0.3 is 4.74 Å². The van der Waals surface area contributed by atoms with E-state index >= 15 is 0 Å². The molecule has 0 saturated carbocycles. The number of amides is 1. The van der Waals surface area contributed by atoms with Crippen LogP contribution >= 0.6 is 0 Å². The Labute approximate surface area is 166 Å². The third kappa shape index (κ3) is 5.25. The van der Waals surface area contributed by atoms with Crippen LogP contribution in [0.2, 0.25) is 0 Å². The molecule has 0 spiro atoms. The van der Waals surface area contributed by atoms with Crippen LogP contribution < -0.4 is 10.2 Å². The monoisotopic (exact) mass is 393 g/mol. The summed E-state index contributed by atoms with van der Waals surface area (Å²) in [6.45, 7) is 2.70. The van der Waals surface area contributed by atoms with Crippen LogP contribution in [0.15, 0.2) is 59.7 Å². The van der Waals surface area contributed by atoms with Crippen LogP contribution in [0.4, 0.5) is 5.69 Å². The average Bonchev–Trinajstić information content (AvgIpc) is 3.23. The molecule has 1 heterocycles. The zero-order valence-corrected chi connectivity index (χ0v) is 15.7. The SMILES string of the molecule is CCCOc1ccc(-c2cc(C(=O)N/N=C\c3ccc([N+](=O)[O-])cc3)[nH]n2)cc1. The Bertz CT molecular complexity index is 1010. The summed E-state index contributed by atoms with van der Waals surface area (Å²) in [6, 6.07) is 14.9. The molecule has 148 valence electrons. The number of nitrogens with zero attached hydrogens (tertiary/aromatic N) is 3. The lowest BCUT2D eigenvalue weighted by Gasteiger charge is -2.04. The molecule has 3 aromatic rings. The van der Waals surface area contributed by atoms with E-state index in [0.29, 0.717) is 17.9 Å². The van der Waals surface area contributed by atoms with Crippen LogP contribution in [0.5, 0.6) is 5.75 Å². The number of aromatic nitrogens is 2. The third-order valence-electron chi connectivity index (χ3n) is 3.93. The normalized spacial score (nSPS) is 10.8. The lowest BCUT2D eigenvalue weighted by atomic mass is 10.1. The molecule has 0 atom stereocenters. The van der Waals surface area contributed by atoms with Gasteiger partial charge in [-0.2, -0.15) is 10.2 Å². The molecule has 9 heteroatoms. The van der Waals surface area contributed by atoms with Crippen molar-refractivity contribution in [3.63, 3.8) is 0 Å². The second-order valence-corrected chi connectivity index (χ2v) is 6.09. The Morgan fingerprint density at radius 2 is 1.97 bits per heavy atom. The highest BCUT2D eigenvalue weighted by Crippen LogP contribution is 2.21. The van der Waals surface area contributed by atoms with E-state index in [-0.39, 0.29) is 11.4 Å². The topological polar surface area (TPSA) is 123 Å². The van der Waals surface area contributed by atoms with E-state index < -0.39 is 10.8 Å². The first-order valence-corrected chi connectivity index (χ1v) is 8.93.